The summed E-state index contributed by atoms with van der Waals surface area (Å²) in [6, 6.07) is 5.03. The number of aliphatic carboxylic acids is 1. The highest BCUT2D eigenvalue weighted by Gasteiger charge is 2.20. The lowest BCUT2D eigenvalue weighted by molar-refractivity contribution is -0.139. The molecule has 124 valence electrons. The minimum Gasteiger partial charge on any atom is -0.493 e. The quantitative estimate of drug-likeness (QED) is 0.772. The van der Waals surface area contributed by atoms with Gasteiger partial charge in [0.05, 0.1) is 14.2 Å². The zero-order valence-electron chi connectivity index (χ0n) is 14.1. The number of carboxylic acids is 1. The van der Waals surface area contributed by atoms with Crippen LogP contribution in [0.25, 0.3) is 0 Å². The van der Waals surface area contributed by atoms with Gasteiger partial charge in [0.25, 0.3) is 0 Å². The predicted octanol–water partition coefficient (Wildman–Crippen LogP) is 3.07. The van der Waals surface area contributed by atoms with Gasteiger partial charge in [-0.1, -0.05) is 26.8 Å². The van der Waals surface area contributed by atoms with E-state index in [2.05, 4.69) is 26.1 Å². The number of carbonyl (C=O) groups is 1. The Bertz CT molecular complexity index is 494. The molecule has 1 atom stereocenters. The second-order valence-corrected chi connectivity index (χ2v) is 6.56. The first-order chi connectivity index (χ1) is 10.3. The number of ether oxygens (including phenoxy) is 2. The van der Waals surface area contributed by atoms with E-state index in [-0.39, 0.29) is 5.41 Å². The lowest BCUT2D eigenvalue weighted by Crippen LogP contribution is -2.37. The highest BCUT2D eigenvalue weighted by Crippen LogP contribution is 2.27. The van der Waals surface area contributed by atoms with Crippen LogP contribution >= 0.6 is 0 Å². The van der Waals surface area contributed by atoms with Gasteiger partial charge in [0.1, 0.15) is 6.04 Å². The first-order valence-electron chi connectivity index (χ1n) is 7.44. The molecule has 1 rings (SSSR count). The lowest BCUT2D eigenvalue weighted by Gasteiger charge is -2.21. The second-order valence-electron chi connectivity index (χ2n) is 6.56. The molecule has 1 aromatic carbocycles. The molecule has 5 heteroatoms. The van der Waals surface area contributed by atoms with Crippen molar-refractivity contribution in [2.75, 3.05) is 14.2 Å². The van der Waals surface area contributed by atoms with Crippen molar-refractivity contribution >= 4 is 5.97 Å². The largest absolute Gasteiger partial charge is 0.493 e. The van der Waals surface area contributed by atoms with Crippen molar-refractivity contribution in [3.63, 3.8) is 0 Å². The summed E-state index contributed by atoms with van der Waals surface area (Å²) in [5.41, 5.74) is 1.08. The number of carboxylic acid groups (broad SMARTS) is 1. The molecule has 0 aromatic heterocycles. The highest BCUT2D eigenvalue weighted by molar-refractivity contribution is 5.73. The van der Waals surface area contributed by atoms with Crippen LogP contribution in [0.2, 0.25) is 0 Å². The van der Waals surface area contributed by atoms with E-state index in [0.717, 1.165) is 12.0 Å². The fraction of sp³-hybridized carbons (Fsp3) is 0.588. The molecule has 0 saturated heterocycles. The average Bonchev–Trinajstić information content (AvgIpc) is 2.45. The maximum Gasteiger partial charge on any atom is 0.320 e. The van der Waals surface area contributed by atoms with Crippen LogP contribution in [0.5, 0.6) is 11.5 Å². The number of rotatable bonds is 8. The van der Waals surface area contributed by atoms with Crippen molar-refractivity contribution in [3.05, 3.63) is 23.8 Å². The Hall–Kier alpha value is -1.75. The average molecular weight is 309 g/mol. The van der Waals surface area contributed by atoms with E-state index in [0.29, 0.717) is 24.5 Å². The monoisotopic (exact) mass is 309 g/mol. The molecule has 0 aliphatic carbocycles. The molecule has 0 amide bonds. The first-order valence-corrected chi connectivity index (χ1v) is 7.44. The Labute approximate surface area is 132 Å². The van der Waals surface area contributed by atoms with Crippen LogP contribution in [0.1, 0.15) is 39.2 Å². The van der Waals surface area contributed by atoms with Crippen molar-refractivity contribution < 1.29 is 19.4 Å². The molecule has 0 heterocycles. The zero-order valence-corrected chi connectivity index (χ0v) is 14.1. The Balaban J connectivity index is 2.67. The van der Waals surface area contributed by atoms with Crippen molar-refractivity contribution in [2.24, 2.45) is 5.41 Å². The topological polar surface area (TPSA) is 67.8 Å². The Morgan fingerprint density at radius 2 is 1.86 bits per heavy atom. The Morgan fingerprint density at radius 3 is 2.36 bits per heavy atom. The molecular weight excluding hydrogens is 282 g/mol. The highest BCUT2D eigenvalue weighted by atomic mass is 16.5. The van der Waals surface area contributed by atoms with Crippen LogP contribution in [0, 0.1) is 5.41 Å². The molecule has 0 spiro atoms. The molecule has 0 saturated carbocycles. The van der Waals surface area contributed by atoms with Gasteiger partial charge in [-0.3, -0.25) is 4.79 Å². The van der Waals surface area contributed by atoms with Crippen molar-refractivity contribution in [3.8, 4) is 11.5 Å². The molecule has 0 bridgehead atoms. The van der Waals surface area contributed by atoms with Crippen LogP contribution in [-0.2, 0) is 11.3 Å². The van der Waals surface area contributed by atoms with Gasteiger partial charge >= 0.3 is 5.97 Å². The fourth-order valence-electron chi connectivity index (χ4n) is 2.12. The van der Waals surface area contributed by atoms with Crippen molar-refractivity contribution in [1.29, 1.82) is 0 Å². The van der Waals surface area contributed by atoms with E-state index in [1.54, 1.807) is 14.2 Å². The Morgan fingerprint density at radius 1 is 1.23 bits per heavy atom. The van der Waals surface area contributed by atoms with E-state index in [1.807, 2.05) is 18.2 Å². The fourth-order valence-corrected chi connectivity index (χ4v) is 2.12. The summed E-state index contributed by atoms with van der Waals surface area (Å²) in [5, 5.41) is 12.4. The maximum absolute atomic E-state index is 11.4. The summed E-state index contributed by atoms with van der Waals surface area (Å²) in [6.07, 6.45) is 1.45. The molecule has 22 heavy (non-hydrogen) atoms. The number of nitrogens with one attached hydrogen (secondary N) is 1. The molecule has 0 aliphatic rings. The van der Waals surface area contributed by atoms with Gasteiger partial charge in [0, 0.05) is 6.54 Å². The summed E-state index contributed by atoms with van der Waals surface area (Å²) >= 11 is 0. The molecule has 5 nitrogen and oxygen atoms in total. The third-order valence-electron chi connectivity index (χ3n) is 3.48. The van der Waals surface area contributed by atoms with Crippen LogP contribution in [0.3, 0.4) is 0 Å². The standard InChI is InChI=1S/C17H27NO4/c1-17(2,3)9-8-13(16(19)20)18-11-12-6-7-14(21-4)15(10-12)22-5/h6-7,10,13,18H,8-9,11H2,1-5H3,(H,19,20)/t13-/m0/s1. The van der Waals surface area contributed by atoms with E-state index in [9.17, 15) is 9.90 Å². The van der Waals surface area contributed by atoms with E-state index >= 15 is 0 Å². The minimum absolute atomic E-state index is 0.124. The smallest absolute Gasteiger partial charge is 0.320 e. The summed E-state index contributed by atoms with van der Waals surface area (Å²) in [5.74, 6) is 0.488. The van der Waals surface area contributed by atoms with Crippen LogP contribution in [-0.4, -0.2) is 31.3 Å². The van der Waals surface area contributed by atoms with Crippen molar-refractivity contribution in [1.82, 2.24) is 5.32 Å². The summed E-state index contributed by atoms with van der Waals surface area (Å²) in [4.78, 5) is 11.4. The normalized spacial score (nSPS) is 12.8. The molecule has 0 fully saturated rings. The van der Waals surface area contributed by atoms with Gasteiger partial charge in [-0.15, -0.1) is 0 Å². The second kappa shape index (κ2) is 8.03. The number of benzene rings is 1. The third kappa shape index (κ3) is 5.93. The van der Waals surface area contributed by atoms with Crippen molar-refractivity contribution in [2.45, 2.75) is 46.2 Å². The molecule has 0 aliphatic heterocycles. The van der Waals surface area contributed by atoms with Gasteiger partial charge in [-0.05, 0) is 36.0 Å². The molecule has 1 aromatic rings. The van der Waals surface area contributed by atoms with E-state index < -0.39 is 12.0 Å². The summed E-state index contributed by atoms with van der Waals surface area (Å²) in [6.45, 7) is 6.81. The van der Waals surface area contributed by atoms with E-state index in [4.69, 9.17) is 9.47 Å². The predicted molar refractivity (Wildman–Crippen MR) is 86.5 cm³/mol. The Kier molecular flexibility index (Phi) is 6.68. The number of hydrogen-bond acceptors (Lipinski definition) is 4. The van der Waals surface area contributed by atoms with Gasteiger partial charge in [-0.25, -0.2) is 0 Å². The van der Waals surface area contributed by atoms with E-state index in [1.165, 1.54) is 0 Å². The maximum atomic E-state index is 11.4. The molecular formula is C17H27NO4. The third-order valence-corrected chi connectivity index (χ3v) is 3.48. The van der Waals surface area contributed by atoms with Gasteiger partial charge in [0.15, 0.2) is 11.5 Å². The molecule has 2 N–H and O–H groups in total. The summed E-state index contributed by atoms with van der Waals surface area (Å²) < 4.78 is 10.4. The minimum atomic E-state index is -0.815. The van der Waals surface area contributed by atoms with Crippen LogP contribution in [0.15, 0.2) is 18.2 Å². The van der Waals surface area contributed by atoms with Crippen LogP contribution < -0.4 is 14.8 Å². The van der Waals surface area contributed by atoms with Crippen LogP contribution in [0.4, 0.5) is 0 Å². The summed E-state index contributed by atoms with van der Waals surface area (Å²) in [7, 11) is 3.17. The number of methoxy groups -OCH3 is 2. The number of hydrogen-bond donors (Lipinski definition) is 2. The SMILES string of the molecule is COc1ccc(CN[C@@H](CCC(C)(C)C)C(=O)O)cc1OC. The zero-order chi connectivity index (χ0) is 16.8. The first kappa shape index (κ1) is 18.3. The van der Waals surface area contributed by atoms with Gasteiger partial charge in [0.2, 0.25) is 0 Å². The van der Waals surface area contributed by atoms with Gasteiger partial charge < -0.3 is 19.9 Å². The molecule has 0 radical (unpaired) electrons. The van der Waals surface area contributed by atoms with Gasteiger partial charge in [-0.2, -0.15) is 0 Å². The molecule has 0 unspecified atom stereocenters. The lowest BCUT2D eigenvalue weighted by atomic mass is 9.88.